The topological polar surface area (TPSA) is 0 Å². The van der Waals surface area contributed by atoms with Crippen LogP contribution in [0.1, 0.15) is 100 Å². The molecule has 0 unspecified atom stereocenters. The molecule has 33 heavy (non-hydrogen) atoms. The number of hydrogen-bond donors (Lipinski definition) is 0. The van der Waals surface area contributed by atoms with Gasteiger partial charge in [-0.3, -0.25) is 0 Å². The molecular weight excluding hydrogens is 403 g/mol. The molecule has 0 nitrogen and oxygen atoms in total. The van der Waals surface area contributed by atoms with Crippen LogP contribution in [0.4, 0.5) is 4.39 Å². The molecule has 0 aliphatic carbocycles. The van der Waals surface area contributed by atoms with Crippen LogP contribution in [-0.4, -0.2) is 0 Å². The van der Waals surface area contributed by atoms with Gasteiger partial charge in [0.2, 0.25) is 0 Å². The Morgan fingerprint density at radius 2 is 1.21 bits per heavy atom. The largest absolute Gasteiger partial charge is 0.205 e. The fourth-order valence-corrected chi connectivity index (χ4v) is 4.35. The zero-order valence-electron chi connectivity index (χ0n) is 20.6. The smallest absolute Gasteiger partial charge is 0.146 e. The molecule has 0 radical (unpaired) electrons. The van der Waals surface area contributed by atoms with Crippen molar-refractivity contribution in [2.45, 2.75) is 90.9 Å². The van der Waals surface area contributed by atoms with Gasteiger partial charge in [-0.1, -0.05) is 113 Å². The average Bonchev–Trinajstić information content (AvgIpc) is 2.84. The Labute approximate surface area is 200 Å². The molecule has 0 aromatic heterocycles. The second kappa shape index (κ2) is 13.8. The van der Waals surface area contributed by atoms with Gasteiger partial charge in [-0.05, 0) is 60.4 Å². The highest BCUT2D eigenvalue weighted by Crippen LogP contribution is 2.23. The van der Waals surface area contributed by atoms with Gasteiger partial charge in [-0.2, -0.15) is 0 Å². The summed E-state index contributed by atoms with van der Waals surface area (Å²) >= 11 is 0. The van der Waals surface area contributed by atoms with Gasteiger partial charge >= 0.3 is 0 Å². The van der Waals surface area contributed by atoms with E-state index in [1.807, 2.05) is 18.2 Å². The summed E-state index contributed by atoms with van der Waals surface area (Å²) in [6.45, 7) is 4.49. The number of aryl methyl sites for hydroxylation is 2. The number of fused-ring (bicyclic) bond motifs is 1. The van der Waals surface area contributed by atoms with Crippen molar-refractivity contribution in [3.63, 3.8) is 0 Å². The minimum Gasteiger partial charge on any atom is -0.205 e. The van der Waals surface area contributed by atoms with Crippen molar-refractivity contribution in [3.05, 3.63) is 82.7 Å². The molecule has 0 fully saturated rings. The summed E-state index contributed by atoms with van der Waals surface area (Å²) in [6, 6.07) is 18.4. The summed E-state index contributed by atoms with van der Waals surface area (Å²) in [6.07, 6.45) is 15.1. The Bertz CT molecular complexity index is 1050. The third-order valence-electron chi connectivity index (χ3n) is 6.45. The maximum Gasteiger partial charge on any atom is 0.146 e. The standard InChI is InChI=1S/C32H39F/c1-3-5-7-9-11-13-26-15-17-27(18-16-26)19-21-29-22-23-30-25-28(14-12-10-8-6-4-2)20-24-31(30)32(29)33/h15-18,20,22-25H,3-14H2,1-2H3. The second-order valence-corrected chi connectivity index (χ2v) is 9.26. The lowest BCUT2D eigenvalue weighted by Gasteiger charge is -2.06. The van der Waals surface area contributed by atoms with Gasteiger partial charge in [0.25, 0.3) is 0 Å². The maximum atomic E-state index is 15.1. The molecule has 0 heterocycles. The van der Waals surface area contributed by atoms with Gasteiger partial charge in [0.15, 0.2) is 0 Å². The van der Waals surface area contributed by atoms with Crippen LogP contribution < -0.4 is 0 Å². The van der Waals surface area contributed by atoms with Gasteiger partial charge in [0, 0.05) is 10.9 Å². The predicted octanol–water partition coefficient (Wildman–Crippen LogP) is 9.40. The molecule has 174 valence electrons. The molecule has 0 aliphatic rings. The fourth-order valence-electron chi connectivity index (χ4n) is 4.35. The predicted molar refractivity (Wildman–Crippen MR) is 141 cm³/mol. The Balaban J connectivity index is 1.60. The van der Waals surface area contributed by atoms with Crippen molar-refractivity contribution in [2.24, 2.45) is 0 Å². The SMILES string of the molecule is CCCCCCCc1ccc(C#Cc2ccc3cc(CCCCCCC)ccc3c2F)cc1. The molecule has 0 atom stereocenters. The van der Waals surface area contributed by atoms with Crippen LogP contribution in [0.3, 0.4) is 0 Å². The van der Waals surface area contributed by atoms with Gasteiger partial charge in [0.1, 0.15) is 5.82 Å². The van der Waals surface area contributed by atoms with E-state index in [2.05, 4.69) is 62.1 Å². The minimum atomic E-state index is -0.210. The Morgan fingerprint density at radius 1 is 0.606 bits per heavy atom. The third kappa shape index (κ3) is 8.04. The van der Waals surface area contributed by atoms with E-state index in [-0.39, 0.29) is 5.82 Å². The lowest BCUT2D eigenvalue weighted by Crippen LogP contribution is -1.90. The molecular formula is C32H39F. The molecule has 1 heteroatoms. The van der Waals surface area contributed by atoms with E-state index in [1.54, 1.807) is 0 Å². The van der Waals surface area contributed by atoms with Gasteiger partial charge in [-0.15, -0.1) is 0 Å². The number of rotatable bonds is 12. The average molecular weight is 443 g/mol. The first kappa shape index (κ1) is 25.0. The van der Waals surface area contributed by atoms with Crippen molar-refractivity contribution >= 4 is 10.8 Å². The quantitative estimate of drug-likeness (QED) is 0.193. The van der Waals surface area contributed by atoms with E-state index in [1.165, 1.54) is 75.3 Å². The number of unbranched alkanes of at least 4 members (excludes halogenated alkanes) is 8. The number of halogens is 1. The first-order chi connectivity index (χ1) is 16.2. The minimum absolute atomic E-state index is 0.210. The monoisotopic (exact) mass is 442 g/mol. The zero-order valence-corrected chi connectivity index (χ0v) is 20.6. The molecule has 0 saturated carbocycles. The van der Waals surface area contributed by atoms with Crippen molar-refractivity contribution in [3.8, 4) is 11.8 Å². The van der Waals surface area contributed by atoms with E-state index < -0.39 is 0 Å². The summed E-state index contributed by atoms with van der Waals surface area (Å²) in [5.74, 6) is 5.98. The van der Waals surface area contributed by atoms with Crippen LogP contribution in [0.25, 0.3) is 10.8 Å². The van der Waals surface area contributed by atoms with Gasteiger partial charge in [0.05, 0.1) is 5.56 Å². The third-order valence-corrected chi connectivity index (χ3v) is 6.45. The fraction of sp³-hybridized carbons (Fsp3) is 0.438. The van der Waals surface area contributed by atoms with E-state index in [4.69, 9.17) is 0 Å². The highest BCUT2D eigenvalue weighted by molar-refractivity contribution is 5.85. The van der Waals surface area contributed by atoms with Crippen LogP contribution in [0.5, 0.6) is 0 Å². The van der Waals surface area contributed by atoms with Crippen LogP contribution >= 0.6 is 0 Å². The Morgan fingerprint density at radius 3 is 1.88 bits per heavy atom. The normalized spacial score (nSPS) is 10.9. The van der Waals surface area contributed by atoms with Crippen molar-refractivity contribution in [1.82, 2.24) is 0 Å². The molecule has 3 aromatic rings. The van der Waals surface area contributed by atoms with Gasteiger partial charge in [-0.25, -0.2) is 4.39 Å². The molecule has 0 bridgehead atoms. The van der Waals surface area contributed by atoms with E-state index in [0.29, 0.717) is 10.9 Å². The lowest BCUT2D eigenvalue weighted by atomic mass is 10.00. The first-order valence-corrected chi connectivity index (χ1v) is 13.0. The van der Waals surface area contributed by atoms with Gasteiger partial charge < -0.3 is 0 Å². The lowest BCUT2D eigenvalue weighted by molar-refractivity contribution is 0.631. The van der Waals surface area contributed by atoms with E-state index in [0.717, 1.165) is 23.8 Å². The molecule has 3 rings (SSSR count). The molecule has 0 N–H and O–H groups in total. The van der Waals surface area contributed by atoms with Crippen LogP contribution in [0.15, 0.2) is 54.6 Å². The number of hydrogen-bond acceptors (Lipinski definition) is 0. The summed E-state index contributed by atoms with van der Waals surface area (Å²) in [5, 5.41) is 1.63. The van der Waals surface area contributed by atoms with Crippen LogP contribution in [0, 0.1) is 17.7 Å². The zero-order chi connectivity index (χ0) is 23.3. The summed E-state index contributed by atoms with van der Waals surface area (Å²) in [4.78, 5) is 0. The van der Waals surface area contributed by atoms with Crippen LogP contribution in [-0.2, 0) is 12.8 Å². The molecule has 0 amide bonds. The Kier molecular flexibility index (Phi) is 10.5. The second-order valence-electron chi connectivity index (χ2n) is 9.26. The van der Waals surface area contributed by atoms with Crippen LogP contribution in [0.2, 0.25) is 0 Å². The number of benzene rings is 3. The Hall–Kier alpha value is -2.59. The highest BCUT2D eigenvalue weighted by atomic mass is 19.1. The highest BCUT2D eigenvalue weighted by Gasteiger charge is 2.07. The molecule has 0 aliphatic heterocycles. The van der Waals surface area contributed by atoms with Crippen molar-refractivity contribution in [2.75, 3.05) is 0 Å². The molecule has 0 spiro atoms. The van der Waals surface area contributed by atoms with E-state index >= 15 is 4.39 Å². The summed E-state index contributed by atoms with van der Waals surface area (Å²) < 4.78 is 15.1. The van der Waals surface area contributed by atoms with Crippen molar-refractivity contribution < 1.29 is 4.39 Å². The molecule has 3 aromatic carbocycles. The maximum absolute atomic E-state index is 15.1. The summed E-state index contributed by atoms with van der Waals surface area (Å²) in [5.41, 5.74) is 4.05. The van der Waals surface area contributed by atoms with Crippen molar-refractivity contribution in [1.29, 1.82) is 0 Å². The summed E-state index contributed by atoms with van der Waals surface area (Å²) in [7, 11) is 0. The molecule has 0 saturated heterocycles. The first-order valence-electron chi connectivity index (χ1n) is 13.0. The van der Waals surface area contributed by atoms with E-state index in [9.17, 15) is 0 Å².